The third-order valence-corrected chi connectivity index (χ3v) is 2.97. The van der Waals surface area contributed by atoms with Crippen molar-refractivity contribution in [2.24, 2.45) is 0 Å². The molecule has 0 saturated heterocycles. The van der Waals surface area contributed by atoms with Gasteiger partial charge in [-0.25, -0.2) is 4.68 Å². The van der Waals surface area contributed by atoms with E-state index in [1.807, 2.05) is 17.7 Å². The van der Waals surface area contributed by atoms with Crippen LogP contribution >= 0.6 is 0 Å². The molecule has 23 heavy (non-hydrogen) atoms. The molecule has 0 fully saturated rings. The Kier molecular flexibility index (Phi) is 7.87. The van der Waals surface area contributed by atoms with E-state index < -0.39 is 11.9 Å². The molecule has 1 rings (SSSR count). The molecule has 7 nitrogen and oxygen atoms in total. The molecule has 0 spiro atoms. The van der Waals surface area contributed by atoms with Crippen LogP contribution in [0, 0.1) is 6.92 Å². The quantitative estimate of drug-likeness (QED) is 0.555. The summed E-state index contributed by atoms with van der Waals surface area (Å²) in [7, 11) is 0. The maximum Gasteiger partial charge on any atom is 0.313 e. The summed E-state index contributed by atoms with van der Waals surface area (Å²) in [6.07, 6.45) is 3.80. The van der Waals surface area contributed by atoms with Gasteiger partial charge in [-0.2, -0.15) is 5.10 Å². The van der Waals surface area contributed by atoms with Gasteiger partial charge in [-0.3, -0.25) is 9.59 Å². The zero-order chi connectivity index (χ0) is 17.2. The van der Waals surface area contributed by atoms with Crippen molar-refractivity contribution in [3.8, 4) is 0 Å². The topological polar surface area (TPSA) is 82.4 Å². The lowest BCUT2D eigenvalue weighted by Crippen LogP contribution is -2.12. The second-order valence-electron chi connectivity index (χ2n) is 5.01. The van der Waals surface area contributed by atoms with E-state index >= 15 is 0 Å². The first-order valence-corrected chi connectivity index (χ1v) is 7.92. The van der Waals surface area contributed by atoms with Crippen LogP contribution in [0.5, 0.6) is 0 Å². The molecule has 0 saturated carbocycles. The van der Waals surface area contributed by atoms with Crippen LogP contribution in [0.1, 0.15) is 52.1 Å². The van der Waals surface area contributed by atoms with Crippen LogP contribution in [0.4, 0.5) is 5.82 Å². The summed E-state index contributed by atoms with van der Waals surface area (Å²) in [4.78, 5) is 22.8. The van der Waals surface area contributed by atoms with Gasteiger partial charge in [0.05, 0.1) is 11.9 Å². The molecule has 0 aliphatic carbocycles. The van der Waals surface area contributed by atoms with Crippen LogP contribution in [0.25, 0.3) is 0 Å². The van der Waals surface area contributed by atoms with Crippen molar-refractivity contribution in [3.63, 3.8) is 0 Å². The third-order valence-electron chi connectivity index (χ3n) is 2.97. The molecule has 1 aromatic rings. The van der Waals surface area contributed by atoms with Gasteiger partial charge in [0.2, 0.25) is 0 Å². The van der Waals surface area contributed by atoms with Gasteiger partial charge in [0, 0.05) is 25.5 Å². The number of nitrogens with one attached hydrogen (secondary N) is 1. The minimum Gasteiger partial charge on any atom is -0.391 e. The second kappa shape index (κ2) is 9.66. The molecule has 0 radical (unpaired) electrons. The number of aromatic nitrogens is 2. The first-order valence-electron chi connectivity index (χ1n) is 7.92. The van der Waals surface area contributed by atoms with Crippen molar-refractivity contribution in [1.29, 1.82) is 0 Å². The molecule has 0 unspecified atom stereocenters. The van der Waals surface area contributed by atoms with E-state index in [-0.39, 0.29) is 18.8 Å². The molecule has 0 aromatic carbocycles. The maximum absolute atomic E-state index is 11.4. The SMILES string of the molecule is CCCCn1nc(C)cc1NC=C(OC(=O)CC)OC(=O)CC. The lowest BCUT2D eigenvalue weighted by molar-refractivity contribution is -0.153. The maximum atomic E-state index is 11.4. The number of anilines is 1. The fourth-order valence-corrected chi connectivity index (χ4v) is 1.72. The fraction of sp³-hybridized carbons (Fsp3) is 0.562. The van der Waals surface area contributed by atoms with Crippen LogP contribution in [0.15, 0.2) is 18.2 Å². The number of unbranched alkanes of at least 4 members (excludes halogenated alkanes) is 1. The molecular weight excluding hydrogens is 298 g/mol. The first-order chi connectivity index (χ1) is 11.0. The summed E-state index contributed by atoms with van der Waals surface area (Å²) >= 11 is 0. The van der Waals surface area contributed by atoms with Gasteiger partial charge in [-0.05, 0) is 13.3 Å². The van der Waals surface area contributed by atoms with E-state index in [2.05, 4.69) is 17.3 Å². The van der Waals surface area contributed by atoms with E-state index in [1.54, 1.807) is 13.8 Å². The molecule has 1 N–H and O–H groups in total. The highest BCUT2D eigenvalue weighted by Gasteiger charge is 2.11. The Bertz CT molecular complexity index is 544. The van der Waals surface area contributed by atoms with Crippen LogP contribution in [-0.4, -0.2) is 21.7 Å². The number of hydrogen-bond acceptors (Lipinski definition) is 6. The van der Waals surface area contributed by atoms with E-state index in [9.17, 15) is 9.59 Å². The van der Waals surface area contributed by atoms with Gasteiger partial charge in [0.25, 0.3) is 0 Å². The standard InChI is InChI=1S/C16H25N3O4/c1-5-8-9-19-13(10-12(4)18-19)17-11-16(22-14(20)6-2)23-15(21)7-3/h10-11,17H,5-9H2,1-4H3. The Morgan fingerprint density at radius 3 is 2.35 bits per heavy atom. The lowest BCUT2D eigenvalue weighted by atomic mass is 10.3. The van der Waals surface area contributed by atoms with E-state index in [0.717, 1.165) is 30.9 Å². The number of esters is 2. The molecule has 1 heterocycles. The third kappa shape index (κ3) is 6.54. The summed E-state index contributed by atoms with van der Waals surface area (Å²) in [6, 6.07) is 1.87. The first kappa shape index (κ1) is 18.7. The average Bonchev–Trinajstić information content (AvgIpc) is 2.89. The van der Waals surface area contributed by atoms with Crippen LogP contribution < -0.4 is 5.32 Å². The highest BCUT2D eigenvalue weighted by Crippen LogP contribution is 2.13. The zero-order valence-corrected chi connectivity index (χ0v) is 14.2. The van der Waals surface area contributed by atoms with Crippen LogP contribution in [0.2, 0.25) is 0 Å². The average molecular weight is 323 g/mol. The Hall–Kier alpha value is -2.31. The highest BCUT2D eigenvalue weighted by atomic mass is 16.7. The largest absolute Gasteiger partial charge is 0.391 e. The molecule has 0 amide bonds. The van der Waals surface area contributed by atoms with Crippen molar-refractivity contribution in [3.05, 3.63) is 23.9 Å². The fourth-order valence-electron chi connectivity index (χ4n) is 1.72. The molecule has 7 heteroatoms. The van der Waals surface area contributed by atoms with Gasteiger partial charge >= 0.3 is 17.9 Å². The van der Waals surface area contributed by atoms with Crippen molar-refractivity contribution in [2.45, 2.75) is 59.9 Å². The zero-order valence-electron chi connectivity index (χ0n) is 14.2. The molecule has 1 aromatic heterocycles. The number of rotatable bonds is 9. The van der Waals surface area contributed by atoms with Gasteiger partial charge in [0.1, 0.15) is 5.82 Å². The van der Waals surface area contributed by atoms with Gasteiger partial charge < -0.3 is 14.8 Å². The molecular formula is C16H25N3O4. The minimum absolute atomic E-state index is 0.162. The number of ether oxygens (including phenoxy) is 2. The van der Waals surface area contributed by atoms with Gasteiger partial charge in [-0.1, -0.05) is 27.2 Å². The lowest BCUT2D eigenvalue weighted by Gasteiger charge is -2.10. The van der Waals surface area contributed by atoms with Crippen LogP contribution in [-0.2, 0) is 25.6 Å². The predicted molar refractivity (Wildman–Crippen MR) is 86.3 cm³/mol. The smallest absolute Gasteiger partial charge is 0.313 e. The van der Waals surface area contributed by atoms with Crippen molar-refractivity contribution < 1.29 is 19.1 Å². The summed E-state index contributed by atoms with van der Waals surface area (Å²) in [5.74, 6) is -0.367. The Morgan fingerprint density at radius 1 is 1.22 bits per heavy atom. The van der Waals surface area contributed by atoms with Crippen molar-refractivity contribution in [2.75, 3.05) is 5.32 Å². The monoisotopic (exact) mass is 323 g/mol. The number of hydrogen-bond donors (Lipinski definition) is 1. The highest BCUT2D eigenvalue weighted by molar-refractivity contribution is 5.72. The Balaban J connectivity index is 2.86. The molecule has 0 atom stereocenters. The predicted octanol–water partition coefficient (Wildman–Crippen LogP) is 3.11. The summed E-state index contributed by atoms with van der Waals surface area (Å²) in [5, 5.41) is 7.38. The molecule has 0 aliphatic rings. The Morgan fingerprint density at radius 2 is 1.83 bits per heavy atom. The number of aryl methyl sites for hydroxylation is 2. The van der Waals surface area contributed by atoms with E-state index in [0.29, 0.717) is 0 Å². The normalized spacial score (nSPS) is 10.1. The minimum atomic E-state index is -0.474. The molecule has 0 bridgehead atoms. The summed E-state index contributed by atoms with van der Waals surface area (Å²) < 4.78 is 11.8. The van der Waals surface area contributed by atoms with Gasteiger partial charge in [0.15, 0.2) is 0 Å². The number of carbonyl (C=O) groups excluding carboxylic acids is 2. The van der Waals surface area contributed by atoms with Crippen molar-refractivity contribution >= 4 is 17.8 Å². The van der Waals surface area contributed by atoms with E-state index in [4.69, 9.17) is 9.47 Å². The van der Waals surface area contributed by atoms with E-state index in [1.165, 1.54) is 6.20 Å². The Labute approximate surface area is 136 Å². The number of carbonyl (C=O) groups is 2. The van der Waals surface area contributed by atoms with Gasteiger partial charge in [-0.15, -0.1) is 0 Å². The molecule has 0 aliphatic heterocycles. The summed E-state index contributed by atoms with van der Waals surface area (Å²) in [6.45, 7) is 8.11. The van der Waals surface area contributed by atoms with Crippen molar-refractivity contribution in [1.82, 2.24) is 9.78 Å². The summed E-state index contributed by atoms with van der Waals surface area (Å²) in [5.41, 5.74) is 0.870. The van der Waals surface area contributed by atoms with Crippen LogP contribution in [0.3, 0.4) is 0 Å². The number of nitrogens with zero attached hydrogens (tertiary/aromatic N) is 2. The molecule has 128 valence electrons. The second-order valence-corrected chi connectivity index (χ2v) is 5.01.